The van der Waals surface area contributed by atoms with E-state index in [1.807, 2.05) is 0 Å². The summed E-state index contributed by atoms with van der Waals surface area (Å²) in [4.78, 5) is 0. The molecular formula is C15H27N3. The van der Waals surface area contributed by atoms with Crippen molar-refractivity contribution in [3.8, 4) is 0 Å². The number of hydrogen-bond donors (Lipinski definition) is 1. The first kappa shape index (κ1) is 13.4. The minimum atomic E-state index is 0.557. The van der Waals surface area contributed by atoms with E-state index in [2.05, 4.69) is 32.4 Å². The second-order valence-electron chi connectivity index (χ2n) is 6.03. The Balaban J connectivity index is 2.32. The molecular weight excluding hydrogens is 222 g/mol. The van der Waals surface area contributed by atoms with Crippen LogP contribution in [0.3, 0.4) is 0 Å². The fourth-order valence-corrected chi connectivity index (χ4v) is 3.55. The lowest BCUT2D eigenvalue weighted by molar-refractivity contribution is 0.206. The Morgan fingerprint density at radius 2 is 1.72 bits per heavy atom. The average molecular weight is 249 g/mol. The molecule has 1 aliphatic rings. The smallest absolute Gasteiger partial charge is 0.0854 e. The zero-order chi connectivity index (χ0) is 13.3. The van der Waals surface area contributed by atoms with Gasteiger partial charge in [-0.25, -0.2) is 0 Å². The molecule has 2 rings (SSSR count). The summed E-state index contributed by atoms with van der Waals surface area (Å²) in [6, 6.07) is 0.557. The van der Waals surface area contributed by atoms with Crippen LogP contribution in [-0.4, -0.2) is 9.78 Å². The number of nitrogen functional groups attached to an aromatic ring is 1. The summed E-state index contributed by atoms with van der Waals surface area (Å²) >= 11 is 0. The number of rotatable bonds is 3. The Kier molecular flexibility index (Phi) is 3.98. The van der Waals surface area contributed by atoms with Crippen molar-refractivity contribution >= 4 is 5.69 Å². The van der Waals surface area contributed by atoms with E-state index < -0.39 is 0 Å². The van der Waals surface area contributed by atoms with Crippen molar-refractivity contribution in [2.75, 3.05) is 5.73 Å². The van der Waals surface area contributed by atoms with E-state index >= 15 is 0 Å². The SMILES string of the molecule is CCc1nn(C2CC(C)CC(C)C2)c(CC)c1N. The number of nitrogens with zero attached hydrogens (tertiary/aromatic N) is 2. The molecule has 0 saturated heterocycles. The number of aromatic nitrogens is 2. The summed E-state index contributed by atoms with van der Waals surface area (Å²) in [5.74, 6) is 1.61. The first-order chi connectivity index (χ1) is 8.56. The Hall–Kier alpha value is -0.990. The third-order valence-corrected chi connectivity index (χ3v) is 4.30. The van der Waals surface area contributed by atoms with Crippen molar-refractivity contribution in [2.24, 2.45) is 11.8 Å². The minimum absolute atomic E-state index is 0.557. The zero-order valence-electron chi connectivity index (χ0n) is 12.2. The van der Waals surface area contributed by atoms with Crippen LogP contribution in [0, 0.1) is 11.8 Å². The van der Waals surface area contributed by atoms with Gasteiger partial charge in [0.2, 0.25) is 0 Å². The molecule has 0 bridgehead atoms. The van der Waals surface area contributed by atoms with Crippen molar-refractivity contribution in [3.05, 3.63) is 11.4 Å². The van der Waals surface area contributed by atoms with Gasteiger partial charge in [-0.1, -0.05) is 27.7 Å². The molecule has 1 aliphatic carbocycles. The van der Waals surface area contributed by atoms with Crippen LogP contribution in [-0.2, 0) is 12.8 Å². The van der Waals surface area contributed by atoms with Crippen molar-refractivity contribution in [1.29, 1.82) is 0 Å². The third-order valence-electron chi connectivity index (χ3n) is 4.30. The Bertz CT molecular complexity index is 398. The zero-order valence-corrected chi connectivity index (χ0v) is 12.2. The number of hydrogen-bond acceptors (Lipinski definition) is 2. The summed E-state index contributed by atoms with van der Waals surface area (Å²) in [7, 11) is 0. The molecule has 1 aromatic heterocycles. The molecule has 1 aromatic rings. The molecule has 0 amide bonds. The standard InChI is InChI=1S/C15H27N3/c1-5-13-15(16)14(6-2)18(17-13)12-8-10(3)7-11(4)9-12/h10-12H,5-9,16H2,1-4H3. The largest absolute Gasteiger partial charge is 0.396 e. The molecule has 0 aromatic carbocycles. The molecule has 1 fully saturated rings. The minimum Gasteiger partial charge on any atom is -0.396 e. The number of nitrogens with two attached hydrogens (primary N) is 1. The van der Waals surface area contributed by atoms with Gasteiger partial charge in [-0.05, 0) is 43.9 Å². The molecule has 102 valence electrons. The molecule has 3 nitrogen and oxygen atoms in total. The van der Waals surface area contributed by atoms with Crippen LogP contribution in [0.2, 0.25) is 0 Å². The quantitative estimate of drug-likeness (QED) is 0.889. The van der Waals surface area contributed by atoms with E-state index in [0.29, 0.717) is 6.04 Å². The lowest BCUT2D eigenvalue weighted by Crippen LogP contribution is -2.24. The molecule has 1 heterocycles. The fourth-order valence-electron chi connectivity index (χ4n) is 3.55. The summed E-state index contributed by atoms with van der Waals surface area (Å²) in [5, 5.41) is 4.78. The normalized spacial score (nSPS) is 28.6. The van der Waals surface area contributed by atoms with E-state index in [1.165, 1.54) is 25.0 Å². The highest BCUT2D eigenvalue weighted by atomic mass is 15.3. The van der Waals surface area contributed by atoms with Crippen LogP contribution < -0.4 is 5.73 Å². The maximum absolute atomic E-state index is 6.22. The van der Waals surface area contributed by atoms with Gasteiger partial charge in [0.25, 0.3) is 0 Å². The molecule has 1 saturated carbocycles. The van der Waals surface area contributed by atoms with Crippen LogP contribution in [0.25, 0.3) is 0 Å². The van der Waals surface area contributed by atoms with E-state index in [4.69, 9.17) is 10.8 Å². The maximum Gasteiger partial charge on any atom is 0.0854 e. The Labute approximate surface area is 111 Å². The van der Waals surface area contributed by atoms with Gasteiger partial charge in [0.1, 0.15) is 0 Å². The van der Waals surface area contributed by atoms with Crippen LogP contribution in [0.5, 0.6) is 0 Å². The lowest BCUT2D eigenvalue weighted by Gasteiger charge is -2.32. The van der Waals surface area contributed by atoms with Gasteiger partial charge in [0.15, 0.2) is 0 Å². The van der Waals surface area contributed by atoms with Gasteiger partial charge in [0.05, 0.1) is 23.1 Å². The van der Waals surface area contributed by atoms with Gasteiger partial charge >= 0.3 is 0 Å². The second-order valence-corrected chi connectivity index (χ2v) is 6.03. The monoisotopic (exact) mass is 249 g/mol. The molecule has 3 heteroatoms. The molecule has 0 spiro atoms. The van der Waals surface area contributed by atoms with Crippen LogP contribution in [0.4, 0.5) is 5.69 Å². The van der Waals surface area contributed by atoms with Gasteiger partial charge in [0, 0.05) is 0 Å². The first-order valence-corrected chi connectivity index (χ1v) is 7.42. The number of anilines is 1. The summed E-state index contributed by atoms with van der Waals surface area (Å²) in [6.45, 7) is 9.04. The van der Waals surface area contributed by atoms with Crippen LogP contribution in [0.1, 0.15) is 64.4 Å². The third kappa shape index (κ3) is 2.40. The molecule has 2 N–H and O–H groups in total. The van der Waals surface area contributed by atoms with Crippen LogP contribution >= 0.6 is 0 Å². The Morgan fingerprint density at radius 3 is 2.22 bits per heavy atom. The molecule has 0 aliphatic heterocycles. The summed E-state index contributed by atoms with van der Waals surface area (Å²) in [5.41, 5.74) is 9.48. The average Bonchev–Trinajstić information content (AvgIpc) is 2.64. The predicted octanol–water partition coefficient (Wildman–Crippen LogP) is 3.59. The van der Waals surface area contributed by atoms with Gasteiger partial charge in [-0.2, -0.15) is 5.10 Å². The predicted molar refractivity (Wildman–Crippen MR) is 76.6 cm³/mol. The fraction of sp³-hybridized carbons (Fsp3) is 0.800. The Morgan fingerprint density at radius 1 is 1.11 bits per heavy atom. The van der Waals surface area contributed by atoms with Crippen molar-refractivity contribution < 1.29 is 0 Å². The van der Waals surface area contributed by atoms with Gasteiger partial charge in [-0.15, -0.1) is 0 Å². The van der Waals surface area contributed by atoms with Gasteiger partial charge < -0.3 is 5.73 Å². The van der Waals surface area contributed by atoms with E-state index in [0.717, 1.165) is 36.1 Å². The number of aryl methyl sites for hydroxylation is 1. The van der Waals surface area contributed by atoms with Crippen molar-refractivity contribution in [1.82, 2.24) is 9.78 Å². The topological polar surface area (TPSA) is 43.8 Å². The first-order valence-electron chi connectivity index (χ1n) is 7.42. The van der Waals surface area contributed by atoms with E-state index in [-0.39, 0.29) is 0 Å². The highest BCUT2D eigenvalue weighted by Gasteiger charge is 2.28. The van der Waals surface area contributed by atoms with E-state index in [1.54, 1.807) is 0 Å². The molecule has 0 radical (unpaired) electrons. The molecule has 2 unspecified atom stereocenters. The second kappa shape index (κ2) is 5.33. The summed E-state index contributed by atoms with van der Waals surface area (Å²) in [6.07, 6.45) is 5.78. The maximum atomic E-state index is 6.22. The van der Waals surface area contributed by atoms with E-state index in [9.17, 15) is 0 Å². The van der Waals surface area contributed by atoms with Crippen LogP contribution in [0.15, 0.2) is 0 Å². The highest BCUT2D eigenvalue weighted by Crippen LogP contribution is 2.37. The van der Waals surface area contributed by atoms with Crippen molar-refractivity contribution in [3.63, 3.8) is 0 Å². The lowest BCUT2D eigenvalue weighted by atomic mass is 9.80. The molecule has 18 heavy (non-hydrogen) atoms. The highest BCUT2D eigenvalue weighted by molar-refractivity contribution is 5.48. The van der Waals surface area contributed by atoms with Gasteiger partial charge in [-0.3, -0.25) is 4.68 Å². The summed E-state index contributed by atoms with van der Waals surface area (Å²) < 4.78 is 2.25. The molecule has 2 atom stereocenters. The van der Waals surface area contributed by atoms with Crippen molar-refractivity contribution in [2.45, 2.75) is 65.8 Å².